The van der Waals surface area contributed by atoms with E-state index in [-0.39, 0.29) is 6.04 Å². The Morgan fingerprint density at radius 1 is 1.19 bits per heavy atom. The third kappa shape index (κ3) is 3.64. The topological polar surface area (TPSA) is 59.0 Å². The van der Waals surface area contributed by atoms with Crippen LogP contribution < -0.4 is 9.47 Å². The molecular formula is C20H22ClNO4. The summed E-state index contributed by atoms with van der Waals surface area (Å²) in [7, 11) is 3.22. The highest BCUT2D eigenvalue weighted by molar-refractivity contribution is 6.30. The van der Waals surface area contributed by atoms with E-state index in [9.17, 15) is 9.90 Å². The Morgan fingerprint density at radius 2 is 1.92 bits per heavy atom. The number of rotatable bonds is 6. The molecule has 1 fully saturated rings. The van der Waals surface area contributed by atoms with Crippen LogP contribution in [-0.4, -0.2) is 42.8 Å². The smallest absolute Gasteiger partial charge is 0.320 e. The van der Waals surface area contributed by atoms with Gasteiger partial charge in [0, 0.05) is 17.1 Å². The largest absolute Gasteiger partial charge is 0.497 e. The predicted octanol–water partition coefficient (Wildman–Crippen LogP) is 4.00. The predicted molar refractivity (Wildman–Crippen MR) is 100 cm³/mol. The van der Waals surface area contributed by atoms with Crippen molar-refractivity contribution in [2.45, 2.75) is 24.9 Å². The van der Waals surface area contributed by atoms with Gasteiger partial charge in [0.2, 0.25) is 0 Å². The van der Waals surface area contributed by atoms with Crippen molar-refractivity contribution < 1.29 is 19.4 Å². The molecule has 3 rings (SSSR count). The summed E-state index contributed by atoms with van der Waals surface area (Å²) in [6, 6.07) is 12.3. The van der Waals surface area contributed by atoms with Gasteiger partial charge in [-0.2, -0.15) is 0 Å². The number of methoxy groups -OCH3 is 2. The zero-order chi connectivity index (χ0) is 18.7. The van der Waals surface area contributed by atoms with Crippen LogP contribution in [0.1, 0.15) is 30.0 Å². The van der Waals surface area contributed by atoms with Gasteiger partial charge in [0.25, 0.3) is 0 Å². The molecule has 1 aliphatic rings. The molecule has 5 nitrogen and oxygen atoms in total. The summed E-state index contributed by atoms with van der Waals surface area (Å²) in [6.07, 6.45) is 1.47. The second kappa shape index (κ2) is 7.98. The van der Waals surface area contributed by atoms with E-state index in [2.05, 4.69) is 0 Å². The SMILES string of the molecule is COc1ccc(OC)c(C(c2ccc(Cl)cc2)N2CCCC2C(=O)O)c1. The molecule has 0 bridgehead atoms. The number of nitrogens with zero attached hydrogens (tertiary/aromatic N) is 1. The van der Waals surface area contributed by atoms with E-state index < -0.39 is 12.0 Å². The van der Waals surface area contributed by atoms with E-state index in [1.165, 1.54) is 0 Å². The third-order valence-electron chi connectivity index (χ3n) is 4.83. The molecule has 2 atom stereocenters. The number of aliphatic carboxylic acids is 1. The van der Waals surface area contributed by atoms with Gasteiger partial charge in [-0.05, 0) is 48.7 Å². The second-order valence-electron chi connectivity index (χ2n) is 6.30. The Kier molecular flexibility index (Phi) is 5.69. The number of carboxylic acid groups (broad SMARTS) is 1. The van der Waals surface area contributed by atoms with Crippen LogP contribution in [-0.2, 0) is 4.79 Å². The van der Waals surface area contributed by atoms with Crippen molar-refractivity contribution in [2.75, 3.05) is 20.8 Å². The van der Waals surface area contributed by atoms with E-state index in [1.807, 2.05) is 47.4 Å². The summed E-state index contributed by atoms with van der Waals surface area (Å²) in [5.41, 5.74) is 1.84. The zero-order valence-corrected chi connectivity index (χ0v) is 15.6. The minimum atomic E-state index is -0.802. The fraction of sp³-hybridized carbons (Fsp3) is 0.350. The van der Waals surface area contributed by atoms with Crippen LogP contribution in [0.4, 0.5) is 0 Å². The van der Waals surface area contributed by atoms with E-state index >= 15 is 0 Å². The molecule has 0 spiro atoms. The molecule has 1 saturated heterocycles. The van der Waals surface area contributed by atoms with Gasteiger partial charge in [0.05, 0.1) is 20.3 Å². The Balaban J connectivity index is 2.15. The average molecular weight is 376 g/mol. The van der Waals surface area contributed by atoms with E-state index in [0.717, 1.165) is 17.5 Å². The van der Waals surface area contributed by atoms with E-state index in [4.69, 9.17) is 21.1 Å². The first kappa shape index (κ1) is 18.5. The normalized spacial score (nSPS) is 18.5. The van der Waals surface area contributed by atoms with Crippen LogP contribution in [0.2, 0.25) is 5.02 Å². The van der Waals surface area contributed by atoms with Gasteiger partial charge in [-0.25, -0.2) is 0 Å². The maximum absolute atomic E-state index is 11.8. The number of ether oxygens (including phenoxy) is 2. The Hall–Kier alpha value is -2.24. The first-order chi connectivity index (χ1) is 12.5. The Bertz CT molecular complexity index is 778. The molecule has 2 unspecified atom stereocenters. The van der Waals surface area contributed by atoms with Gasteiger partial charge in [-0.3, -0.25) is 9.69 Å². The van der Waals surface area contributed by atoms with E-state index in [0.29, 0.717) is 29.5 Å². The molecule has 2 aromatic carbocycles. The second-order valence-corrected chi connectivity index (χ2v) is 6.73. The number of carbonyl (C=O) groups is 1. The number of benzene rings is 2. The summed E-state index contributed by atoms with van der Waals surface area (Å²) < 4.78 is 11.0. The summed E-state index contributed by atoms with van der Waals surface area (Å²) in [4.78, 5) is 13.8. The van der Waals surface area contributed by atoms with E-state index in [1.54, 1.807) is 14.2 Å². The Morgan fingerprint density at radius 3 is 2.54 bits per heavy atom. The molecule has 0 saturated carbocycles. The minimum Gasteiger partial charge on any atom is -0.497 e. The van der Waals surface area contributed by atoms with Crippen LogP contribution in [0, 0.1) is 0 Å². The molecule has 0 aromatic heterocycles. The highest BCUT2D eigenvalue weighted by Gasteiger charge is 2.38. The van der Waals surface area contributed by atoms with Gasteiger partial charge in [0.1, 0.15) is 17.5 Å². The first-order valence-corrected chi connectivity index (χ1v) is 8.89. The molecule has 1 aliphatic heterocycles. The van der Waals surface area contributed by atoms with Crippen molar-refractivity contribution in [3.05, 3.63) is 58.6 Å². The van der Waals surface area contributed by atoms with Crippen molar-refractivity contribution in [3.63, 3.8) is 0 Å². The van der Waals surface area contributed by atoms with Gasteiger partial charge in [0.15, 0.2) is 0 Å². The van der Waals surface area contributed by atoms with Crippen molar-refractivity contribution in [3.8, 4) is 11.5 Å². The third-order valence-corrected chi connectivity index (χ3v) is 5.08. The molecule has 2 aromatic rings. The van der Waals surface area contributed by atoms with Crippen LogP contribution in [0.5, 0.6) is 11.5 Å². The molecule has 1 N–H and O–H groups in total. The summed E-state index contributed by atoms with van der Waals surface area (Å²) in [5, 5.41) is 10.3. The van der Waals surface area contributed by atoms with Gasteiger partial charge in [-0.15, -0.1) is 0 Å². The minimum absolute atomic E-state index is 0.263. The molecule has 138 valence electrons. The first-order valence-electron chi connectivity index (χ1n) is 8.51. The molecule has 26 heavy (non-hydrogen) atoms. The van der Waals surface area contributed by atoms with Crippen molar-refractivity contribution in [1.29, 1.82) is 0 Å². The molecule has 0 aliphatic carbocycles. The van der Waals surface area contributed by atoms with Crippen LogP contribution in [0.25, 0.3) is 0 Å². The van der Waals surface area contributed by atoms with Crippen molar-refractivity contribution in [1.82, 2.24) is 4.90 Å². The zero-order valence-electron chi connectivity index (χ0n) is 14.8. The highest BCUT2D eigenvalue weighted by Crippen LogP contribution is 2.40. The number of hydrogen-bond donors (Lipinski definition) is 1. The maximum atomic E-state index is 11.8. The van der Waals surface area contributed by atoms with Gasteiger partial charge in [-0.1, -0.05) is 23.7 Å². The van der Waals surface area contributed by atoms with Crippen LogP contribution in [0.15, 0.2) is 42.5 Å². The highest BCUT2D eigenvalue weighted by atomic mass is 35.5. The lowest BCUT2D eigenvalue weighted by Crippen LogP contribution is -2.39. The van der Waals surface area contributed by atoms with Crippen LogP contribution in [0.3, 0.4) is 0 Å². The lowest BCUT2D eigenvalue weighted by Gasteiger charge is -2.33. The van der Waals surface area contributed by atoms with Crippen molar-refractivity contribution >= 4 is 17.6 Å². The molecule has 0 radical (unpaired) electrons. The average Bonchev–Trinajstić information content (AvgIpc) is 3.13. The summed E-state index contributed by atoms with van der Waals surface area (Å²) in [6.45, 7) is 0.699. The van der Waals surface area contributed by atoms with Gasteiger partial charge >= 0.3 is 5.97 Å². The standard InChI is InChI=1S/C20H22ClNO4/c1-25-15-9-10-18(26-2)16(12-15)19(13-5-7-14(21)8-6-13)22-11-3-4-17(22)20(23)24/h5-10,12,17,19H,3-4,11H2,1-2H3,(H,23,24). The Labute approximate surface area is 158 Å². The molecule has 1 heterocycles. The van der Waals surface area contributed by atoms with Crippen molar-refractivity contribution in [2.24, 2.45) is 0 Å². The number of hydrogen-bond acceptors (Lipinski definition) is 4. The molecule has 6 heteroatoms. The maximum Gasteiger partial charge on any atom is 0.320 e. The van der Waals surface area contributed by atoms with Crippen LogP contribution >= 0.6 is 11.6 Å². The quantitative estimate of drug-likeness (QED) is 0.827. The molecular weight excluding hydrogens is 354 g/mol. The fourth-order valence-corrected chi connectivity index (χ4v) is 3.74. The lowest BCUT2D eigenvalue weighted by molar-refractivity contribution is -0.142. The molecule has 0 amide bonds. The monoisotopic (exact) mass is 375 g/mol. The number of carboxylic acids is 1. The lowest BCUT2D eigenvalue weighted by atomic mass is 9.95. The number of likely N-dealkylation sites (tertiary alicyclic amines) is 1. The summed E-state index contributed by atoms with van der Waals surface area (Å²) >= 11 is 6.05. The number of halogens is 1. The summed E-state index contributed by atoms with van der Waals surface area (Å²) in [5.74, 6) is 0.593. The fourth-order valence-electron chi connectivity index (χ4n) is 3.61. The van der Waals surface area contributed by atoms with Gasteiger partial charge < -0.3 is 14.6 Å².